The van der Waals surface area contributed by atoms with Crippen LogP contribution in [0.2, 0.25) is 0 Å². The van der Waals surface area contributed by atoms with Gasteiger partial charge in [0.25, 0.3) is 0 Å². The van der Waals surface area contributed by atoms with Crippen molar-refractivity contribution in [2.45, 2.75) is 0 Å². The second-order valence-electron chi connectivity index (χ2n) is 3.00. The van der Waals surface area contributed by atoms with E-state index >= 15 is 0 Å². The minimum absolute atomic E-state index is 0.249. The minimum Gasteiger partial charge on any atom is -0.488 e. The number of ether oxygens (including phenoxy) is 1. The quantitative estimate of drug-likeness (QED) is 0.829. The molecule has 2 N–H and O–H groups in total. The van der Waals surface area contributed by atoms with Crippen molar-refractivity contribution in [1.29, 1.82) is 0 Å². The van der Waals surface area contributed by atoms with Gasteiger partial charge in [-0.05, 0) is 18.2 Å². The van der Waals surface area contributed by atoms with Crippen LogP contribution in [0.1, 0.15) is 5.56 Å². The van der Waals surface area contributed by atoms with Crippen LogP contribution >= 0.6 is 15.9 Å². The van der Waals surface area contributed by atoms with Crippen molar-refractivity contribution in [1.82, 2.24) is 0 Å². The number of hydrogen-bond donors (Lipinski definition) is 1. The highest BCUT2D eigenvalue weighted by atomic mass is 79.9. The Balaban J connectivity index is 2.45. The molecule has 0 bridgehead atoms. The summed E-state index contributed by atoms with van der Waals surface area (Å²) in [6.45, 7) is 0.249. The van der Waals surface area contributed by atoms with Gasteiger partial charge in [0, 0.05) is 10.0 Å². The third kappa shape index (κ3) is 1.65. The fraction of sp³-hybridized carbons (Fsp3) is 0.100. The molecule has 1 aliphatic rings. The van der Waals surface area contributed by atoms with Crippen molar-refractivity contribution in [2.75, 3.05) is 6.61 Å². The van der Waals surface area contributed by atoms with Crippen LogP contribution in [-0.2, 0) is 4.79 Å². The molecule has 0 radical (unpaired) electrons. The molecule has 0 saturated carbocycles. The van der Waals surface area contributed by atoms with Crippen LogP contribution in [0, 0.1) is 0 Å². The van der Waals surface area contributed by atoms with Gasteiger partial charge in [0.05, 0.1) is 5.57 Å². The van der Waals surface area contributed by atoms with Crippen LogP contribution in [0.4, 0.5) is 0 Å². The number of carbonyl (C=O) groups is 1. The lowest BCUT2D eigenvalue weighted by Crippen LogP contribution is -2.21. The molecule has 1 aromatic carbocycles. The van der Waals surface area contributed by atoms with E-state index in [1.807, 2.05) is 18.2 Å². The Hall–Kier alpha value is -1.29. The van der Waals surface area contributed by atoms with Crippen molar-refractivity contribution < 1.29 is 9.53 Å². The summed E-state index contributed by atoms with van der Waals surface area (Å²) in [5, 5.41) is 0. The minimum atomic E-state index is -0.432. The predicted molar refractivity (Wildman–Crippen MR) is 56.8 cm³/mol. The topological polar surface area (TPSA) is 52.3 Å². The standard InChI is InChI=1S/C10H8BrNO2/c11-8-2-1-6-3-7(10(12)13)5-14-9(6)4-8/h1-4H,5H2,(H2,12,13). The van der Waals surface area contributed by atoms with Crippen LogP contribution in [0.3, 0.4) is 0 Å². The summed E-state index contributed by atoms with van der Waals surface area (Å²) in [7, 11) is 0. The molecule has 14 heavy (non-hydrogen) atoms. The Morgan fingerprint density at radius 2 is 2.29 bits per heavy atom. The molecular weight excluding hydrogens is 246 g/mol. The third-order valence-electron chi connectivity index (χ3n) is 2.01. The van der Waals surface area contributed by atoms with Crippen molar-refractivity contribution in [2.24, 2.45) is 5.73 Å². The maximum atomic E-state index is 10.9. The second kappa shape index (κ2) is 3.46. The molecule has 3 nitrogen and oxygen atoms in total. The zero-order valence-electron chi connectivity index (χ0n) is 7.29. The number of amides is 1. The number of hydrogen-bond acceptors (Lipinski definition) is 2. The van der Waals surface area contributed by atoms with Gasteiger partial charge in [0.15, 0.2) is 0 Å². The van der Waals surface area contributed by atoms with Gasteiger partial charge in [-0.25, -0.2) is 0 Å². The molecule has 0 spiro atoms. The van der Waals surface area contributed by atoms with E-state index in [0.29, 0.717) is 5.57 Å². The molecule has 1 amide bonds. The Kier molecular flexibility index (Phi) is 2.29. The zero-order valence-corrected chi connectivity index (χ0v) is 8.87. The van der Waals surface area contributed by atoms with Crippen LogP contribution in [0.25, 0.3) is 6.08 Å². The van der Waals surface area contributed by atoms with Gasteiger partial charge in [-0.2, -0.15) is 0 Å². The Morgan fingerprint density at radius 3 is 3.00 bits per heavy atom. The largest absolute Gasteiger partial charge is 0.488 e. The molecule has 0 atom stereocenters. The maximum absolute atomic E-state index is 10.9. The molecule has 1 aliphatic heterocycles. The molecule has 0 fully saturated rings. The lowest BCUT2D eigenvalue weighted by atomic mass is 10.1. The van der Waals surface area contributed by atoms with Crippen LogP contribution in [0.5, 0.6) is 5.75 Å². The molecule has 1 heterocycles. The molecule has 4 heteroatoms. The number of fused-ring (bicyclic) bond motifs is 1. The van der Waals surface area contributed by atoms with Crippen molar-refractivity contribution in [3.05, 3.63) is 33.8 Å². The number of halogens is 1. The summed E-state index contributed by atoms with van der Waals surface area (Å²) in [6, 6.07) is 5.63. The summed E-state index contributed by atoms with van der Waals surface area (Å²) in [6.07, 6.45) is 1.76. The average molecular weight is 254 g/mol. The maximum Gasteiger partial charge on any atom is 0.248 e. The molecule has 1 aromatic rings. The zero-order chi connectivity index (χ0) is 10.1. The van der Waals surface area contributed by atoms with Crippen molar-refractivity contribution in [3.63, 3.8) is 0 Å². The van der Waals surface area contributed by atoms with E-state index in [9.17, 15) is 4.79 Å². The number of benzene rings is 1. The van der Waals surface area contributed by atoms with Gasteiger partial charge in [0.2, 0.25) is 5.91 Å². The summed E-state index contributed by atoms with van der Waals surface area (Å²) in [5.41, 5.74) is 6.54. The highest BCUT2D eigenvalue weighted by Crippen LogP contribution is 2.29. The summed E-state index contributed by atoms with van der Waals surface area (Å²) < 4.78 is 6.33. The van der Waals surface area contributed by atoms with Gasteiger partial charge in [-0.15, -0.1) is 0 Å². The van der Waals surface area contributed by atoms with E-state index in [2.05, 4.69) is 15.9 Å². The van der Waals surface area contributed by atoms with Crippen LogP contribution in [-0.4, -0.2) is 12.5 Å². The SMILES string of the molecule is NC(=O)C1=Cc2ccc(Br)cc2OC1. The lowest BCUT2D eigenvalue weighted by Gasteiger charge is -2.16. The fourth-order valence-corrected chi connectivity index (χ4v) is 1.62. The van der Waals surface area contributed by atoms with Crippen LogP contribution in [0.15, 0.2) is 28.2 Å². The number of rotatable bonds is 1. The first-order valence-electron chi connectivity index (χ1n) is 4.09. The Bertz CT molecular complexity index is 426. The molecule has 0 unspecified atom stereocenters. The third-order valence-corrected chi connectivity index (χ3v) is 2.50. The van der Waals surface area contributed by atoms with Crippen molar-refractivity contribution >= 4 is 27.9 Å². The first-order valence-corrected chi connectivity index (χ1v) is 4.89. The van der Waals surface area contributed by atoms with Gasteiger partial charge in [-0.3, -0.25) is 4.79 Å². The van der Waals surface area contributed by atoms with Gasteiger partial charge in [-0.1, -0.05) is 22.0 Å². The molecule has 72 valence electrons. The summed E-state index contributed by atoms with van der Waals surface area (Å²) >= 11 is 3.34. The number of nitrogens with two attached hydrogens (primary N) is 1. The van der Waals surface area contributed by atoms with Crippen LogP contribution < -0.4 is 10.5 Å². The molecule has 2 rings (SSSR count). The highest BCUT2D eigenvalue weighted by Gasteiger charge is 2.14. The van der Waals surface area contributed by atoms with E-state index in [0.717, 1.165) is 15.8 Å². The summed E-state index contributed by atoms with van der Waals surface area (Å²) in [4.78, 5) is 10.9. The molecule has 0 saturated heterocycles. The van der Waals surface area contributed by atoms with Gasteiger partial charge in [0.1, 0.15) is 12.4 Å². The first-order chi connectivity index (χ1) is 6.66. The number of primary amides is 1. The van der Waals surface area contributed by atoms with E-state index < -0.39 is 5.91 Å². The smallest absolute Gasteiger partial charge is 0.248 e. The van der Waals surface area contributed by atoms with E-state index in [1.165, 1.54) is 0 Å². The van der Waals surface area contributed by atoms with E-state index in [-0.39, 0.29) is 6.61 Å². The monoisotopic (exact) mass is 253 g/mol. The van der Waals surface area contributed by atoms with Gasteiger partial charge < -0.3 is 10.5 Å². The van der Waals surface area contributed by atoms with Crippen molar-refractivity contribution in [3.8, 4) is 5.75 Å². The lowest BCUT2D eigenvalue weighted by molar-refractivity contribution is -0.114. The van der Waals surface area contributed by atoms with E-state index in [4.69, 9.17) is 10.5 Å². The fourth-order valence-electron chi connectivity index (χ4n) is 1.28. The second-order valence-corrected chi connectivity index (χ2v) is 3.92. The van der Waals surface area contributed by atoms with Gasteiger partial charge >= 0.3 is 0 Å². The normalized spacial score (nSPS) is 13.9. The Labute approximate surface area is 89.7 Å². The number of carbonyl (C=O) groups excluding carboxylic acids is 1. The average Bonchev–Trinajstić information content (AvgIpc) is 2.16. The predicted octanol–water partition coefficient (Wildman–Crippen LogP) is 1.71. The summed E-state index contributed by atoms with van der Waals surface area (Å²) in [5.74, 6) is 0.336. The molecular formula is C10H8BrNO2. The Morgan fingerprint density at radius 1 is 1.50 bits per heavy atom. The highest BCUT2D eigenvalue weighted by molar-refractivity contribution is 9.10. The van der Waals surface area contributed by atoms with E-state index in [1.54, 1.807) is 6.08 Å². The first kappa shape index (κ1) is 9.27. The molecule has 0 aliphatic carbocycles. The molecule has 0 aromatic heterocycles.